The fourth-order valence-electron chi connectivity index (χ4n) is 1.61. The molecular weight excluding hydrogens is 304 g/mol. The Kier molecular flexibility index (Phi) is 4.73. The van der Waals surface area contributed by atoms with E-state index in [9.17, 15) is 8.78 Å². The minimum Gasteiger partial charge on any atom is -0.435 e. The maximum Gasteiger partial charge on any atom is 0.387 e. The lowest BCUT2D eigenvalue weighted by Crippen LogP contribution is -2.01. The van der Waals surface area contributed by atoms with Crippen molar-refractivity contribution in [2.75, 3.05) is 5.73 Å². The van der Waals surface area contributed by atoms with Crippen LogP contribution in [0.15, 0.2) is 46.2 Å². The van der Waals surface area contributed by atoms with E-state index in [1.54, 1.807) is 18.2 Å². The summed E-state index contributed by atoms with van der Waals surface area (Å²) in [5.41, 5.74) is 7.25. The summed E-state index contributed by atoms with van der Waals surface area (Å²) in [6.07, 6.45) is 0. The van der Waals surface area contributed by atoms with Gasteiger partial charge in [-0.25, -0.2) is 0 Å². The van der Waals surface area contributed by atoms with Gasteiger partial charge in [-0.05, 0) is 48.9 Å². The molecule has 2 aromatic rings. The number of rotatable bonds is 4. The molecule has 106 valence electrons. The first-order valence-electron chi connectivity index (χ1n) is 5.74. The van der Waals surface area contributed by atoms with Gasteiger partial charge >= 0.3 is 6.61 Å². The molecule has 0 atom stereocenters. The molecule has 0 fully saturated rings. The number of nitrogens with two attached hydrogens (primary N) is 1. The summed E-state index contributed by atoms with van der Waals surface area (Å²) >= 11 is 7.50. The topological polar surface area (TPSA) is 35.2 Å². The molecule has 2 nitrogen and oxygen atoms in total. The lowest BCUT2D eigenvalue weighted by Gasteiger charge is -2.08. The third-order valence-electron chi connectivity index (χ3n) is 2.59. The second kappa shape index (κ2) is 6.33. The van der Waals surface area contributed by atoms with Gasteiger partial charge in [-0.1, -0.05) is 23.4 Å². The molecule has 0 spiro atoms. The maximum absolute atomic E-state index is 12.0. The van der Waals surface area contributed by atoms with E-state index in [0.717, 1.165) is 15.4 Å². The minimum atomic E-state index is -2.81. The Bertz CT molecular complexity index is 582. The van der Waals surface area contributed by atoms with E-state index in [1.807, 2.05) is 13.0 Å². The van der Waals surface area contributed by atoms with Gasteiger partial charge in [0.25, 0.3) is 0 Å². The maximum atomic E-state index is 12.0. The molecule has 0 radical (unpaired) electrons. The molecule has 2 N–H and O–H groups in total. The van der Waals surface area contributed by atoms with Crippen molar-refractivity contribution < 1.29 is 13.5 Å². The highest BCUT2D eigenvalue weighted by molar-refractivity contribution is 7.99. The summed E-state index contributed by atoms with van der Waals surface area (Å²) in [4.78, 5) is 1.83. The van der Waals surface area contributed by atoms with Crippen molar-refractivity contribution >= 4 is 29.1 Å². The van der Waals surface area contributed by atoms with Gasteiger partial charge in [0.15, 0.2) is 0 Å². The van der Waals surface area contributed by atoms with Crippen molar-refractivity contribution in [2.45, 2.75) is 23.3 Å². The fourth-order valence-corrected chi connectivity index (χ4v) is 2.90. The summed E-state index contributed by atoms with van der Waals surface area (Å²) in [6, 6.07) is 10.1. The van der Waals surface area contributed by atoms with E-state index < -0.39 is 6.61 Å². The quantitative estimate of drug-likeness (QED) is 0.808. The third-order valence-corrected chi connectivity index (χ3v) is 3.89. The third kappa shape index (κ3) is 3.77. The van der Waals surface area contributed by atoms with Crippen LogP contribution in [0.3, 0.4) is 0 Å². The summed E-state index contributed by atoms with van der Waals surface area (Å²) in [5.74, 6) is 0.135. The Morgan fingerprint density at radius 2 is 1.80 bits per heavy atom. The van der Waals surface area contributed by atoms with E-state index >= 15 is 0 Å². The number of anilines is 1. The lowest BCUT2D eigenvalue weighted by atomic mass is 10.2. The summed E-state index contributed by atoms with van der Waals surface area (Å²) < 4.78 is 28.4. The zero-order chi connectivity index (χ0) is 14.7. The monoisotopic (exact) mass is 315 g/mol. The molecule has 0 aliphatic rings. The molecule has 0 unspecified atom stereocenters. The van der Waals surface area contributed by atoms with Gasteiger partial charge in [0.1, 0.15) is 5.75 Å². The molecule has 0 aromatic heterocycles. The van der Waals surface area contributed by atoms with Crippen LogP contribution >= 0.6 is 23.4 Å². The predicted molar refractivity (Wildman–Crippen MR) is 77.8 cm³/mol. The van der Waals surface area contributed by atoms with Crippen LogP contribution in [0.1, 0.15) is 5.56 Å². The summed E-state index contributed by atoms with van der Waals surface area (Å²) in [5, 5.41) is 0.505. The van der Waals surface area contributed by atoms with E-state index in [2.05, 4.69) is 4.74 Å². The molecule has 20 heavy (non-hydrogen) atoms. The van der Waals surface area contributed by atoms with Crippen LogP contribution in [-0.2, 0) is 0 Å². The number of benzene rings is 2. The van der Waals surface area contributed by atoms with Crippen LogP contribution in [0, 0.1) is 6.92 Å². The Morgan fingerprint density at radius 3 is 2.35 bits per heavy atom. The number of aryl methyl sites for hydroxylation is 1. The molecule has 0 bridgehead atoms. The number of hydrogen-bond acceptors (Lipinski definition) is 3. The van der Waals surface area contributed by atoms with Crippen molar-refractivity contribution in [3.8, 4) is 5.75 Å². The van der Waals surface area contributed by atoms with Crippen molar-refractivity contribution in [1.82, 2.24) is 0 Å². The average Bonchev–Trinajstić information content (AvgIpc) is 2.37. The Hall–Kier alpha value is -1.46. The van der Waals surface area contributed by atoms with Crippen molar-refractivity contribution in [3.05, 3.63) is 47.0 Å². The smallest absolute Gasteiger partial charge is 0.387 e. The number of alkyl halides is 2. The highest BCUT2D eigenvalue weighted by atomic mass is 35.5. The second-order valence-electron chi connectivity index (χ2n) is 4.09. The molecule has 2 rings (SSSR count). The Morgan fingerprint density at radius 1 is 1.15 bits per heavy atom. The zero-order valence-corrected chi connectivity index (χ0v) is 12.1. The molecular formula is C14H12ClF2NOS. The van der Waals surface area contributed by atoms with Gasteiger partial charge in [-0.2, -0.15) is 8.78 Å². The number of hydrogen-bond donors (Lipinski definition) is 1. The SMILES string of the molecule is Cc1cc(Sc2ccc(OC(F)F)cc2)cc(Cl)c1N. The van der Waals surface area contributed by atoms with Gasteiger partial charge in [0, 0.05) is 9.79 Å². The normalized spacial score (nSPS) is 10.8. The zero-order valence-electron chi connectivity index (χ0n) is 10.6. The van der Waals surface area contributed by atoms with Crippen LogP contribution in [0.5, 0.6) is 5.75 Å². The van der Waals surface area contributed by atoms with Crippen molar-refractivity contribution in [2.24, 2.45) is 0 Å². The van der Waals surface area contributed by atoms with Gasteiger partial charge in [0.2, 0.25) is 0 Å². The Labute approximate surface area is 124 Å². The van der Waals surface area contributed by atoms with Crippen LogP contribution in [0.2, 0.25) is 5.02 Å². The van der Waals surface area contributed by atoms with Crippen molar-refractivity contribution in [3.63, 3.8) is 0 Å². The first-order valence-corrected chi connectivity index (χ1v) is 6.93. The van der Waals surface area contributed by atoms with E-state index in [1.165, 1.54) is 23.9 Å². The van der Waals surface area contributed by atoms with Gasteiger partial charge in [-0.3, -0.25) is 0 Å². The summed E-state index contributed by atoms with van der Waals surface area (Å²) in [7, 11) is 0. The standard InChI is InChI=1S/C14H12ClF2NOS/c1-8-6-11(7-12(15)13(8)18)20-10-4-2-9(3-5-10)19-14(16)17/h2-7,14H,18H2,1H3. The average molecular weight is 316 g/mol. The highest BCUT2D eigenvalue weighted by Crippen LogP contribution is 2.34. The molecule has 2 aromatic carbocycles. The Balaban J connectivity index is 2.14. The van der Waals surface area contributed by atoms with Crippen LogP contribution in [0.25, 0.3) is 0 Å². The van der Waals surface area contributed by atoms with Crippen LogP contribution < -0.4 is 10.5 Å². The fraction of sp³-hybridized carbons (Fsp3) is 0.143. The van der Waals surface area contributed by atoms with Crippen LogP contribution in [-0.4, -0.2) is 6.61 Å². The predicted octanol–water partition coefficient (Wildman–Crippen LogP) is 4.98. The molecule has 6 heteroatoms. The second-order valence-corrected chi connectivity index (χ2v) is 5.64. The van der Waals surface area contributed by atoms with E-state index in [4.69, 9.17) is 17.3 Å². The molecule has 0 aliphatic carbocycles. The number of nitrogen functional groups attached to an aromatic ring is 1. The minimum absolute atomic E-state index is 0.135. The summed E-state index contributed by atoms with van der Waals surface area (Å²) in [6.45, 7) is -0.933. The number of ether oxygens (including phenoxy) is 1. The largest absolute Gasteiger partial charge is 0.435 e. The molecule has 0 saturated carbocycles. The lowest BCUT2D eigenvalue weighted by molar-refractivity contribution is -0.0498. The first-order chi connectivity index (χ1) is 9.45. The molecule has 0 amide bonds. The van der Waals surface area contributed by atoms with E-state index in [-0.39, 0.29) is 5.75 Å². The van der Waals surface area contributed by atoms with Gasteiger partial charge in [-0.15, -0.1) is 0 Å². The highest BCUT2D eigenvalue weighted by Gasteiger charge is 2.06. The number of halogens is 3. The van der Waals surface area contributed by atoms with Crippen LogP contribution in [0.4, 0.5) is 14.5 Å². The van der Waals surface area contributed by atoms with E-state index in [0.29, 0.717) is 10.7 Å². The molecule has 0 saturated heterocycles. The van der Waals surface area contributed by atoms with Gasteiger partial charge < -0.3 is 10.5 Å². The van der Waals surface area contributed by atoms with Crippen molar-refractivity contribution in [1.29, 1.82) is 0 Å². The van der Waals surface area contributed by atoms with Gasteiger partial charge in [0.05, 0.1) is 10.7 Å². The molecule has 0 aliphatic heterocycles. The first kappa shape index (κ1) is 14.9. The molecule has 0 heterocycles.